The van der Waals surface area contributed by atoms with E-state index in [4.69, 9.17) is 0 Å². The van der Waals surface area contributed by atoms with Crippen molar-refractivity contribution in [3.8, 4) is 0 Å². The Balaban J connectivity index is 1.41. The molecule has 0 aliphatic carbocycles. The number of carbonyl (C=O) groups is 1. The van der Waals surface area contributed by atoms with Gasteiger partial charge in [0.2, 0.25) is 5.91 Å². The average molecular weight is 433 g/mol. The van der Waals surface area contributed by atoms with Crippen LogP contribution in [0.3, 0.4) is 0 Å². The van der Waals surface area contributed by atoms with Crippen molar-refractivity contribution < 1.29 is 9.18 Å². The molecule has 2 heterocycles. The van der Waals surface area contributed by atoms with Gasteiger partial charge in [0.15, 0.2) is 0 Å². The quantitative estimate of drug-likeness (QED) is 0.616. The standard InChI is InChI=1S/C26H29FN4O/c1-19(14-21-6-4-3-5-7-21)15-31-17-22-16-30(2)29-25(22)24(18-31)26(32)28-13-12-20-8-10-23(27)11-9-20/h3-11,14,16,24H,12-13,15,17-18H2,1-2H3,(H,28,32)/b19-14+/t24-/m0/s1. The Morgan fingerprint density at radius 2 is 1.94 bits per heavy atom. The third-order valence-corrected chi connectivity index (χ3v) is 5.73. The van der Waals surface area contributed by atoms with Crippen LogP contribution in [0.4, 0.5) is 4.39 Å². The SMILES string of the molecule is C/C(=C\c1ccccc1)CN1Cc2cn(C)nc2[C@@H](C(=O)NCCc2ccc(F)cc2)C1. The minimum Gasteiger partial charge on any atom is -0.355 e. The van der Waals surface area contributed by atoms with Crippen molar-refractivity contribution in [3.63, 3.8) is 0 Å². The van der Waals surface area contributed by atoms with Crippen LogP contribution in [0.15, 0.2) is 66.4 Å². The lowest BCUT2D eigenvalue weighted by Crippen LogP contribution is -2.42. The van der Waals surface area contributed by atoms with Crippen molar-refractivity contribution in [1.82, 2.24) is 20.0 Å². The number of hydrogen-bond acceptors (Lipinski definition) is 3. The zero-order valence-electron chi connectivity index (χ0n) is 18.6. The van der Waals surface area contributed by atoms with Crippen molar-refractivity contribution >= 4 is 12.0 Å². The summed E-state index contributed by atoms with van der Waals surface area (Å²) >= 11 is 0. The molecule has 32 heavy (non-hydrogen) atoms. The number of halogens is 1. The first kappa shape index (κ1) is 22.0. The Labute approximate surface area is 188 Å². The Morgan fingerprint density at radius 1 is 1.19 bits per heavy atom. The molecule has 6 heteroatoms. The number of carbonyl (C=O) groups excluding carboxylic acids is 1. The molecule has 0 saturated heterocycles. The van der Waals surface area contributed by atoms with Crippen LogP contribution in [-0.4, -0.2) is 40.2 Å². The van der Waals surface area contributed by atoms with Gasteiger partial charge in [-0.05, 0) is 36.6 Å². The fourth-order valence-corrected chi connectivity index (χ4v) is 4.28. The van der Waals surface area contributed by atoms with E-state index in [0.29, 0.717) is 19.5 Å². The number of benzene rings is 2. The van der Waals surface area contributed by atoms with Gasteiger partial charge in [-0.2, -0.15) is 5.10 Å². The molecule has 3 aromatic rings. The van der Waals surface area contributed by atoms with Gasteiger partial charge in [-0.15, -0.1) is 0 Å². The predicted molar refractivity (Wildman–Crippen MR) is 124 cm³/mol. The molecule has 1 aliphatic heterocycles. The number of rotatable bonds is 7. The molecule has 1 amide bonds. The van der Waals surface area contributed by atoms with E-state index in [0.717, 1.165) is 29.9 Å². The van der Waals surface area contributed by atoms with Crippen molar-refractivity contribution in [3.05, 3.63) is 94.6 Å². The van der Waals surface area contributed by atoms with Crippen LogP contribution < -0.4 is 5.32 Å². The van der Waals surface area contributed by atoms with Crippen LogP contribution in [0.5, 0.6) is 0 Å². The normalized spacial score (nSPS) is 16.6. The highest BCUT2D eigenvalue weighted by atomic mass is 19.1. The van der Waals surface area contributed by atoms with Crippen LogP contribution >= 0.6 is 0 Å². The van der Waals surface area contributed by atoms with E-state index in [9.17, 15) is 9.18 Å². The Morgan fingerprint density at radius 3 is 2.69 bits per heavy atom. The Kier molecular flexibility index (Phi) is 6.81. The molecular weight excluding hydrogens is 403 g/mol. The second kappa shape index (κ2) is 9.92. The second-order valence-corrected chi connectivity index (χ2v) is 8.50. The summed E-state index contributed by atoms with van der Waals surface area (Å²) in [5.41, 5.74) is 5.40. The van der Waals surface area contributed by atoms with Crippen LogP contribution in [-0.2, 0) is 24.8 Å². The molecule has 166 valence electrons. The molecule has 0 bridgehead atoms. The molecule has 2 aromatic carbocycles. The zero-order chi connectivity index (χ0) is 22.5. The lowest BCUT2D eigenvalue weighted by atomic mass is 9.95. The highest BCUT2D eigenvalue weighted by molar-refractivity contribution is 5.84. The van der Waals surface area contributed by atoms with Gasteiger partial charge in [0.05, 0.1) is 11.6 Å². The lowest BCUT2D eigenvalue weighted by molar-refractivity contribution is -0.123. The first-order chi connectivity index (χ1) is 15.5. The zero-order valence-corrected chi connectivity index (χ0v) is 18.6. The van der Waals surface area contributed by atoms with Gasteiger partial charge in [0.1, 0.15) is 5.82 Å². The summed E-state index contributed by atoms with van der Waals surface area (Å²) in [7, 11) is 1.90. The monoisotopic (exact) mass is 432 g/mol. The number of hydrogen-bond donors (Lipinski definition) is 1. The predicted octanol–water partition coefficient (Wildman–Crippen LogP) is 3.92. The molecule has 1 N–H and O–H groups in total. The number of aromatic nitrogens is 2. The van der Waals surface area contributed by atoms with Crippen LogP contribution in [0.25, 0.3) is 6.08 Å². The summed E-state index contributed by atoms with van der Waals surface area (Å²) in [6, 6.07) is 16.7. The van der Waals surface area contributed by atoms with Crippen molar-refractivity contribution in [2.24, 2.45) is 7.05 Å². The van der Waals surface area contributed by atoms with E-state index in [1.807, 2.05) is 31.4 Å². The number of nitrogens with one attached hydrogen (secondary N) is 1. The molecule has 5 nitrogen and oxygen atoms in total. The summed E-state index contributed by atoms with van der Waals surface area (Å²) in [6.45, 7) is 4.84. The Hall–Kier alpha value is -3.25. The van der Waals surface area contributed by atoms with Gasteiger partial charge in [-0.1, -0.05) is 54.1 Å². The summed E-state index contributed by atoms with van der Waals surface area (Å²) in [5.74, 6) is -0.571. The number of fused-ring (bicyclic) bond motifs is 1. The van der Waals surface area contributed by atoms with Crippen molar-refractivity contribution in [2.75, 3.05) is 19.6 Å². The third kappa shape index (κ3) is 5.51. The molecule has 0 radical (unpaired) electrons. The van der Waals surface area contributed by atoms with E-state index in [-0.39, 0.29) is 17.6 Å². The number of amides is 1. The molecule has 0 saturated carbocycles. The van der Waals surface area contributed by atoms with E-state index in [1.54, 1.807) is 16.8 Å². The maximum Gasteiger partial charge on any atom is 0.230 e. The van der Waals surface area contributed by atoms with E-state index in [1.165, 1.54) is 23.3 Å². The largest absolute Gasteiger partial charge is 0.355 e. The first-order valence-corrected chi connectivity index (χ1v) is 11.0. The lowest BCUT2D eigenvalue weighted by Gasteiger charge is -2.31. The summed E-state index contributed by atoms with van der Waals surface area (Å²) < 4.78 is 14.9. The molecule has 1 aliphatic rings. The smallest absolute Gasteiger partial charge is 0.230 e. The van der Waals surface area contributed by atoms with Gasteiger partial charge in [0.25, 0.3) is 0 Å². The molecule has 4 rings (SSSR count). The van der Waals surface area contributed by atoms with Crippen LogP contribution in [0, 0.1) is 5.82 Å². The first-order valence-electron chi connectivity index (χ1n) is 11.0. The molecule has 0 unspecified atom stereocenters. The molecule has 1 aromatic heterocycles. The van der Waals surface area contributed by atoms with Gasteiger partial charge in [0, 0.05) is 45.0 Å². The van der Waals surface area contributed by atoms with Gasteiger partial charge in [-0.25, -0.2) is 4.39 Å². The van der Waals surface area contributed by atoms with Crippen LogP contribution in [0.1, 0.15) is 35.2 Å². The fraction of sp³-hybridized carbons (Fsp3) is 0.308. The summed E-state index contributed by atoms with van der Waals surface area (Å²) in [6.07, 6.45) is 4.86. The molecule has 0 fully saturated rings. The Bertz CT molecular complexity index is 1090. The van der Waals surface area contributed by atoms with Crippen molar-refractivity contribution in [2.45, 2.75) is 25.8 Å². The second-order valence-electron chi connectivity index (χ2n) is 8.50. The molecule has 1 atom stereocenters. The third-order valence-electron chi connectivity index (χ3n) is 5.73. The van der Waals surface area contributed by atoms with E-state index in [2.05, 4.69) is 40.4 Å². The van der Waals surface area contributed by atoms with Gasteiger partial charge < -0.3 is 5.32 Å². The average Bonchev–Trinajstić information content (AvgIpc) is 3.15. The van der Waals surface area contributed by atoms with Gasteiger partial charge in [-0.3, -0.25) is 14.4 Å². The number of nitrogens with zero attached hydrogens (tertiary/aromatic N) is 3. The highest BCUT2D eigenvalue weighted by Crippen LogP contribution is 2.28. The maximum absolute atomic E-state index is 13.1. The summed E-state index contributed by atoms with van der Waals surface area (Å²) in [5, 5.41) is 7.64. The summed E-state index contributed by atoms with van der Waals surface area (Å²) in [4.78, 5) is 15.4. The van der Waals surface area contributed by atoms with Gasteiger partial charge >= 0.3 is 0 Å². The van der Waals surface area contributed by atoms with Crippen molar-refractivity contribution in [1.29, 1.82) is 0 Å². The molecular formula is C26H29FN4O. The molecule has 0 spiro atoms. The fourth-order valence-electron chi connectivity index (χ4n) is 4.28. The van der Waals surface area contributed by atoms with Crippen LogP contribution in [0.2, 0.25) is 0 Å². The highest BCUT2D eigenvalue weighted by Gasteiger charge is 2.33. The van der Waals surface area contributed by atoms with E-state index >= 15 is 0 Å². The number of aryl methyl sites for hydroxylation is 1. The maximum atomic E-state index is 13.1. The van der Waals surface area contributed by atoms with E-state index < -0.39 is 0 Å². The topological polar surface area (TPSA) is 50.2 Å². The minimum atomic E-state index is -0.308. The minimum absolute atomic E-state index is 0.0125.